The van der Waals surface area contributed by atoms with Gasteiger partial charge in [-0.1, -0.05) is 18.2 Å². The minimum absolute atomic E-state index is 0.103. The topological polar surface area (TPSA) is 53.0 Å². The Kier molecular flexibility index (Phi) is 3.97. The molecule has 2 fully saturated rings. The van der Waals surface area contributed by atoms with Gasteiger partial charge in [0.15, 0.2) is 0 Å². The highest BCUT2D eigenvalue weighted by Gasteiger charge is 2.43. The fourth-order valence-electron chi connectivity index (χ4n) is 3.20. The van der Waals surface area contributed by atoms with Crippen LogP contribution < -0.4 is 4.90 Å². The first-order valence-electron chi connectivity index (χ1n) is 7.40. The highest BCUT2D eigenvalue weighted by atomic mass is 16.5. The third-order valence-electron chi connectivity index (χ3n) is 4.51. The van der Waals surface area contributed by atoms with Crippen molar-refractivity contribution in [3.8, 4) is 0 Å². The highest BCUT2D eigenvalue weighted by molar-refractivity contribution is 5.99. The minimum atomic E-state index is -0.185. The molecule has 0 bridgehead atoms. The molecule has 2 aliphatic rings. The van der Waals surface area contributed by atoms with Crippen molar-refractivity contribution in [2.75, 3.05) is 44.9 Å². The number of aliphatic hydroxyl groups is 1. The fourth-order valence-corrected chi connectivity index (χ4v) is 3.20. The lowest BCUT2D eigenvalue weighted by molar-refractivity contribution is -0.151. The van der Waals surface area contributed by atoms with Crippen LogP contribution in [0, 0.1) is 5.41 Å². The molecule has 0 radical (unpaired) electrons. The van der Waals surface area contributed by atoms with Gasteiger partial charge in [-0.2, -0.15) is 0 Å². The van der Waals surface area contributed by atoms with Crippen LogP contribution in [-0.2, 0) is 9.53 Å². The number of carbonyl (C=O) groups excluding carboxylic acids is 1. The van der Waals surface area contributed by atoms with Gasteiger partial charge in [-0.25, -0.2) is 0 Å². The molecule has 114 valence electrons. The summed E-state index contributed by atoms with van der Waals surface area (Å²) in [7, 11) is 1.97. The van der Waals surface area contributed by atoms with Crippen molar-refractivity contribution in [3.63, 3.8) is 0 Å². The first kappa shape index (κ1) is 14.5. The van der Waals surface area contributed by atoms with Crippen molar-refractivity contribution in [1.29, 1.82) is 0 Å². The predicted molar refractivity (Wildman–Crippen MR) is 80.2 cm³/mol. The van der Waals surface area contributed by atoms with E-state index in [1.54, 1.807) is 0 Å². The molecule has 2 heterocycles. The monoisotopic (exact) mass is 290 g/mol. The third-order valence-corrected chi connectivity index (χ3v) is 4.51. The summed E-state index contributed by atoms with van der Waals surface area (Å²) in [5.41, 5.74) is 0.775. The average molecular weight is 290 g/mol. The Labute approximate surface area is 125 Å². The molecule has 2 saturated heterocycles. The lowest BCUT2D eigenvalue weighted by atomic mass is 9.86. The van der Waals surface area contributed by atoms with E-state index in [1.165, 1.54) is 0 Å². The van der Waals surface area contributed by atoms with Gasteiger partial charge in [0.2, 0.25) is 5.91 Å². The molecule has 5 nitrogen and oxygen atoms in total. The van der Waals surface area contributed by atoms with E-state index in [2.05, 4.69) is 4.90 Å². The van der Waals surface area contributed by atoms with Crippen LogP contribution in [0.25, 0.3) is 0 Å². The number of aliphatic hydroxyl groups excluding tert-OH is 1. The molecule has 0 saturated carbocycles. The van der Waals surface area contributed by atoms with Gasteiger partial charge in [0.25, 0.3) is 0 Å². The summed E-state index contributed by atoms with van der Waals surface area (Å²) in [6.45, 7) is 2.72. The van der Waals surface area contributed by atoms with Crippen molar-refractivity contribution in [1.82, 2.24) is 4.90 Å². The number of likely N-dealkylation sites (N-methyl/N-ethyl adjacent to an activating group) is 1. The van der Waals surface area contributed by atoms with Gasteiger partial charge in [-0.3, -0.25) is 9.69 Å². The van der Waals surface area contributed by atoms with Crippen LogP contribution in [0.5, 0.6) is 0 Å². The quantitative estimate of drug-likeness (QED) is 0.869. The standard InChI is InChI=1S/C16H22N2O3/c1-17(9-16(10-19)11-21-12-16)14-7-8-18(15(14)20)13-5-3-2-4-6-13/h2-6,14,19H,7-12H2,1H3. The van der Waals surface area contributed by atoms with E-state index >= 15 is 0 Å². The minimum Gasteiger partial charge on any atom is -0.396 e. The first-order valence-corrected chi connectivity index (χ1v) is 7.40. The number of nitrogens with zero attached hydrogens (tertiary/aromatic N) is 2. The number of para-hydroxylation sites is 1. The molecule has 1 aromatic rings. The largest absolute Gasteiger partial charge is 0.396 e. The van der Waals surface area contributed by atoms with Crippen LogP contribution >= 0.6 is 0 Å². The van der Waals surface area contributed by atoms with Crippen molar-refractivity contribution >= 4 is 11.6 Å². The van der Waals surface area contributed by atoms with Gasteiger partial charge in [0, 0.05) is 18.8 Å². The second-order valence-electron chi connectivity index (χ2n) is 6.20. The van der Waals surface area contributed by atoms with Gasteiger partial charge < -0.3 is 14.7 Å². The summed E-state index contributed by atoms with van der Waals surface area (Å²) < 4.78 is 5.23. The summed E-state index contributed by atoms with van der Waals surface area (Å²) in [5, 5.41) is 9.52. The summed E-state index contributed by atoms with van der Waals surface area (Å²) in [4.78, 5) is 16.5. The van der Waals surface area contributed by atoms with Crippen LogP contribution in [0.2, 0.25) is 0 Å². The third kappa shape index (κ3) is 2.69. The van der Waals surface area contributed by atoms with Crippen molar-refractivity contribution in [3.05, 3.63) is 30.3 Å². The number of hydrogen-bond donors (Lipinski definition) is 1. The SMILES string of the molecule is CN(CC1(CO)COC1)C1CCN(c2ccccc2)C1=O. The van der Waals surface area contributed by atoms with Gasteiger partial charge in [-0.05, 0) is 25.6 Å². The maximum Gasteiger partial charge on any atom is 0.244 e. The number of amides is 1. The van der Waals surface area contributed by atoms with E-state index in [1.807, 2.05) is 42.3 Å². The number of carbonyl (C=O) groups is 1. The van der Waals surface area contributed by atoms with E-state index in [-0.39, 0.29) is 24.0 Å². The van der Waals surface area contributed by atoms with Gasteiger partial charge >= 0.3 is 0 Å². The molecule has 0 aromatic heterocycles. The Morgan fingerprint density at radius 2 is 2.10 bits per heavy atom. The smallest absolute Gasteiger partial charge is 0.244 e. The fraction of sp³-hybridized carbons (Fsp3) is 0.562. The normalized spacial score (nSPS) is 24.4. The number of rotatable bonds is 5. The molecule has 2 aliphatic heterocycles. The second kappa shape index (κ2) is 5.75. The predicted octanol–water partition coefficient (Wildman–Crippen LogP) is 0.733. The van der Waals surface area contributed by atoms with Crippen LogP contribution in [0.4, 0.5) is 5.69 Å². The Morgan fingerprint density at radius 3 is 2.67 bits per heavy atom. The molecule has 21 heavy (non-hydrogen) atoms. The van der Waals surface area contributed by atoms with Crippen LogP contribution in [0.1, 0.15) is 6.42 Å². The van der Waals surface area contributed by atoms with Crippen LogP contribution in [-0.4, -0.2) is 61.9 Å². The van der Waals surface area contributed by atoms with Crippen molar-refractivity contribution < 1.29 is 14.6 Å². The molecule has 1 atom stereocenters. The molecular weight excluding hydrogens is 268 g/mol. The van der Waals surface area contributed by atoms with E-state index in [4.69, 9.17) is 4.74 Å². The lowest BCUT2D eigenvalue weighted by Crippen LogP contribution is -2.55. The van der Waals surface area contributed by atoms with Crippen LogP contribution in [0.15, 0.2) is 30.3 Å². The van der Waals surface area contributed by atoms with Crippen LogP contribution in [0.3, 0.4) is 0 Å². The second-order valence-corrected chi connectivity index (χ2v) is 6.20. The number of anilines is 1. The molecule has 1 amide bonds. The number of hydrogen-bond acceptors (Lipinski definition) is 4. The molecule has 3 rings (SSSR count). The Morgan fingerprint density at radius 1 is 1.38 bits per heavy atom. The van der Waals surface area contributed by atoms with E-state index in [9.17, 15) is 9.90 Å². The van der Waals surface area contributed by atoms with Gasteiger partial charge in [-0.15, -0.1) is 0 Å². The average Bonchev–Trinajstić information content (AvgIpc) is 2.85. The maximum atomic E-state index is 12.6. The first-order chi connectivity index (χ1) is 10.2. The summed E-state index contributed by atoms with van der Waals surface area (Å²) in [6.07, 6.45) is 0.826. The Balaban J connectivity index is 1.66. The Bertz CT molecular complexity index is 496. The molecule has 1 unspecified atom stereocenters. The summed E-state index contributed by atoms with van der Waals surface area (Å²) >= 11 is 0. The number of benzene rings is 1. The molecule has 5 heteroatoms. The zero-order valence-corrected chi connectivity index (χ0v) is 12.4. The van der Waals surface area contributed by atoms with Gasteiger partial charge in [0.1, 0.15) is 0 Å². The lowest BCUT2D eigenvalue weighted by Gasteiger charge is -2.43. The molecule has 1 N–H and O–H groups in total. The molecule has 0 spiro atoms. The highest BCUT2D eigenvalue weighted by Crippen LogP contribution is 2.30. The van der Waals surface area contributed by atoms with Crippen molar-refractivity contribution in [2.45, 2.75) is 12.5 Å². The maximum absolute atomic E-state index is 12.6. The number of ether oxygens (including phenoxy) is 1. The van der Waals surface area contributed by atoms with E-state index < -0.39 is 0 Å². The van der Waals surface area contributed by atoms with E-state index in [0.717, 1.165) is 18.7 Å². The zero-order chi connectivity index (χ0) is 14.9. The Hall–Kier alpha value is -1.43. The van der Waals surface area contributed by atoms with E-state index in [0.29, 0.717) is 19.8 Å². The zero-order valence-electron chi connectivity index (χ0n) is 12.4. The van der Waals surface area contributed by atoms with Gasteiger partial charge in [0.05, 0.1) is 31.3 Å². The molecule has 0 aliphatic carbocycles. The van der Waals surface area contributed by atoms with Crippen molar-refractivity contribution in [2.24, 2.45) is 5.41 Å². The summed E-state index contributed by atoms with van der Waals surface area (Å²) in [6, 6.07) is 9.69. The molecule has 1 aromatic carbocycles. The summed E-state index contributed by atoms with van der Waals surface area (Å²) in [5.74, 6) is 0.150. The molecular formula is C16H22N2O3.